The van der Waals surface area contributed by atoms with Crippen molar-refractivity contribution in [1.82, 2.24) is 19.6 Å². The van der Waals surface area contributed by atoms with E-state index in [1.807, 2.05) is 0 Å². The minimum Gasteiger partial charge on any atom is -0.478 e. The van der Waals surface area contributed by atoms with E-state index in [1.165, 1.54) is 23.0 Å². The van der Waals surface area contributed by atoms with Gasteiger partial charge in [0.1, 0.15) is 17.2 Å². The Hall–Kier alpha value is -2.48. The van der Waals surface area contributed by atoms with Gasteiger partial charge in [-0.3, -0.25) is 0 Å². The largest absolute Gasteiger partial charge is 0.478 e. The number of halogens is 1. The lowest BCUT2D eigenvalue weighted by atomic mass is 10.2. The van der Waals surface area contributed by atoms with Crippen molar-refractivity contribution in [1.29, 1.82) is 0 Å². The second-order valence-corrected chi connectivity index (χ2v) is 5.32. The van der Waals surface area contributed by atoms with Crippen LogP contribution in [-0.2, 0) is 0 Å². The summed E-state index contributed by atoms with van der Waals surface area (Å²) in [6, 6.07) is 5.39. The summed E-state index contributed by atoms with van der Waals surface area (Å²) < 4.78 is 15.3. The predicted octanol–water partition coefficient (Wildman–Crippen LogP) is 2.42. The number of carboxylic acids is 1. The van der Waals surface area contributed by atoms with Crippen molar-refractivity contribution in [3.05, 3.63) is 47.7 Å². The summed E-state index contributed by atoms with van der Waals surface area (Å²) in [5, 5.41) is 13.6. The van der Waals surface area contributed by atoms with Crippen LogP contribution in [0.1, 0.15) is 16.1 Å². The van der Waals surface area contributed by atoms with Gasteiger partial charge in [0.15, 0.2) is 0 Å². The van der Waals surface area contributed by atoms with Crippen molar-refractivity contribution in [2.75, 3.05) is 0 Å². The van der Waals surface area contributed by atoms with Gasteiger partial charge in [0.25, 0.3) is 5.78 Å². The average molecular weight is 304 g/mol. The second-order valence-electron chi connectivity index (χ2n) is 4.26. The average Bonchev–Trinajstić information content (AvgIpc) is 2.89. The third-order valence-corrected chi connectivity index (χ3v) is 3.77. The van der Waals surface area contributed by atoms with Crippen molar-refractivity contribution >= 4 is 23.5 Å². The molecule has 106 valence electrons. The van der Waals surface area contributed by atoms with Crippen LogP contribution in [0.5, 0.6) is 0 Å². The zero-order valence-corrected chi connectivity index (χ0v) is 11.6. The van der Waals surface area contributed by atoms with Gasteiger partial charge in [0, 0.05) is 5.69 Å². The summed E-state index contributed by atoms with van der Waals surface area (Å²) in [5.41, 5.74) is 0.743. The lowest BCUT2D eigenvalue weighted by molar-refractivity contribution is 0.0696. The molecule has 6 nitrogen and oxygen atoms in total. The fraction of sp³-hybridized carbons (Fsp3) is 0.0769. The number of benzene rings is 1. The van der Waals surface area contributed by atoms with Gasteiger partial charge in [-0.1, -0.05) is 11.8 Å². The molecule has 2 heterocycles. The molecule has 0 aliphatic carbocycles. The molecule has 0 atom stereocenters. The third kappa shape index (κ3) is 2.57. The van der Waals surface area contributed by atoms with E-state index in [-0.39, 0.29) is 10.5 Å². The highest BCUT2D eigenvalue weighted by Crippen LogP contribution is 2.30. The van der Waals surface area contributed by atoms with Crippen LogP contribution in [-0.4, -0.2) is 30.7 Å². The summed E-state index contributed by atoms with van der Waals surface area (Å²) in [5.74, 6) is -1.19. The Labute approximate surface area is 122 Å². The molecule has 8 heteroatoms. The second kappa shape index (κ2) is 5.13. The Morgan fingerprint density at radius 3 is 2.95 bits per heavy atom. The topological polar surface area (TPSA) is 80.4 Å². The highest BCUT2D eigenvalue weighted by molar-refractivity contribution is 7.99. The highest BCUT2D eigenvalue weighted by atomic mass is 32.2. The number of aryl methyl sites for hydroxylation is 1. The Balaban J connectivity index is 2.08. The Morgan fingerprint density at radius 1 is 1.38 bits per heavy atom. The maximum absolute atomic E-state index is 13.9. The number of hydrogen-bond acceptors (Lipinski definition) is 5. The molecular weight excluding hydrogens is 295 g/mol. The molecule has 0 aliphatic heterocycles. The van der Waals surface area contributed by atoms with E-state index >= 15 is 0 Å². The molecule has 1 aromatic carbocycles. The number of nitrogens with zero attached hydrogens (tertiary/aromatic N) is 4. The lowest BCUT2D eigenvalue weighted by Gasteiger charge is -2.06. The number of fused-ring (bicyclic) bond motifs is 1. The quantitative estimate of drug-likeness (QED) is 0.748. The molecule has 0 unspecified atom stereocenters. The van der Waals surface area contributed by atoms with Gasteiger partial charge in [-0.15, -0.1) is 0 Å². The summed E-state index contributed by atoms with van der Waals surface area (Å²) in [4.78, 5) is 19.4. The van der Waals surface area contributed by atoms with Crippen LogP contribution in [0.2, 0.25) is 0 Å². The molecule has 0 saturated carbocycles. The maximum Gasteiger partial charge on any atom is 0.335 e. The van der Waals surface area contributed by atoms with Gasteiger partial charge in [0.2, 0.25) is 0 Å². The molecule has 2 aromatic heterocycles. The Bertz CT molecular complexity index is 849. The summed E-state index contributed by atoms with van der Waals surface area (Å²) >= 11 is 1.08. The molecule has 3 rings (SSSR count). The fourth-order valence-electron chi connectivity index (χ4n) is 1.80. The molecule has 0 amide bonds. The Morgan fingerprint density at radius 2 is 2.19 bits per heavy atom. The van der Waals surface area contributed by atoms with Crippen LogP contribution in [0.4, 0.5) is 4.39 Å². The van der Waals surface area contributed by atoms with Gasteiger partial charge in [0.05, 0.1) is 10.5 Å². The number of hydrogen-bond donors (Lipinski definition) is 1. The van der Waals surface area contributed by atoms with Crippen molar-refractivity contribution in [2.24, 2.45) is 0 Å². The van der Waals surface area contributed by atoms with E-state index in [0.29, 0.717) is 16.5 Å². The first-order chi connectivity index (χ1) is 10.0. The van der Waals surface area contributed by atoms with Crippen LogP contribution < -0.4 is 0 Å². The number of aromatic carboxylic acids is 1. The smallest absolute Gasteiger partial charge is 0.335 e. The molecular formula is C13H9FN4O2S. The van der Waals surface area contributed by atoms with Crippen molar-refractivity contribution in [2.45, 2.75) is 16.8 Å². The van der Waals surface area contributed by atoms with E-state index in [0.717, 1.165) is 17.8 Å². The molecule has 0 radical (unpaired) electrons. The number of rotatable bonds is 3. The molecule has 1 N–H and O–H groups in total. The van der Waals surface area contributed by atoms with Crippen LogP contribution in [0.3, 0.4) is 0 Å². The van der Waals surface area contributed by atoms with Crippen LogP contribution in [0.25, 0.3) is 5.78 Å². The highest BCUT2D eigenvalue weighted by Gasteiger charge is 2.13. The first kappa shape index (κ1) is 13.5. The molecule has 0 bridgehead atoms. The number of carbonyl (C=O) groups is 1. The first-order valence-electron chi connectivity index (χ1n) is 5.92. The van der Waals surface area contributed by atoms with Gasteiger partial charge in [-0.25, -0.2) is 14.2 Å². The summed E-state index contributed by atoms with van der Waals surface area (Å²) in [7, 11) is 0. The van der Waals surface area contributed by atoms with Gasteiger partial charge < -0.3 is 5.11 Å². The molecule has 0 saturated heterocycles. The van der Waals surface area contributed by atoms with E-state index in [4.69, 9.17) is 5.11 Å². The fourth-order valence-corrected chi connectivity index (χ4v) is 2.82. The normalized spacial score (nSPS) is 11.0. The van der Waals surface area contributed by atoms with Crippen molar-refractivity contribution < 1.29 is 14.3 Å². The molecule has 0 spiro atoms. The van der Waals surface area contributed by atoms with E-state index in [1.54, 1.807) is 13.0 Å². The standard InChI is InChI=1S/C13H9FN4O2S/c1-7-4-11(18-13(17-7)15-6-16-18)21-10-5-8(12(19)20)2-3-9(10)14/h2-6H,1H3,(H,19,20). The summed E-state index contributed by atoms with van der Waals surface area (Å²) in [6.07, 6.45) is 1.36. The van der Waals surface area contributed by atoms with Crippen LogP contribution in [0.15, 0.2) is 40.5 Å². The SMILES string of the molecule is Cc1cc(Sc2cc(C(=O)O)ccc2F)n2ncnc2n1. The van der Waals surface area contributed by atoms with Crippen LogP contribution >= 0.6 is 11.8 Å². The van der Waals surface area contributed by atoms with E-state index < -0.39 is 11.8 Å². The van der Waals surface area contributed by atoms with Crippen molar-refractivity contribution in [3.8, 4) is 0 Å². The van der Waals surface area contributed by atoms with Crippen LogP contribution in [0, 0.1) is 12.7 Å². The zero-order valence-electron chi connectivity index (χ0n) is 10.8. The third-order valence-electron chi connectivity index (χ3n) is 2.74. The van der Waals surface area contributed by atoms with E-state index in [2.05, 4.69) is 15.1 Å². The first-order valence-corrected chi connectivity index (χ1v) is 6.74. The molecule has 3 aromatic rings. The minimum atomic E-state index is -1.10. The predicted molar refractivity (Wildman–Crippen MR) is 73.0 cm³/mol. The maximum atomic E-state index is 13.9. The lowest BCUT2D eigenvalue weighted by Crippen LogP contribution is -1.99. The summed E-state index contributed by atoms with van der Waals surface area (Å²) in [6.45, 7) is 1.79. The van der Waals surface area contributed by atoms with Gasteiger partial charge in [-0.05, 0) is 31.2 Å². The van der Waals surface area contributed by atoms with Gasteiger partial charge in [-0.2, -0.15) is 14.6 Å². The minimum absolute atomic E-state index is 0.0273. The molecule has 21 heavy (non-hydrogen) atoms. The Kier molecular flexibility index (Phi) is 3.30. The monoisotopic (exact) mass is 304 g/mol. The number of carboxylic acid groups (broad SMARTS) is 1. The number of aromatic nitrogens is 4. The molecule has 0 aliphatic rings. The molecule has 0 fully saturated rings. The van der Waals surface area contributed by atoms with Crippen molar-refractivity contribution in [3.63, 3.8) is 0 Å². The van der Waals surface area contributed by atoms with E-state index in [9.17, 15) is 9.18 Å². The van der Waals surface area contributed by atoms with Gasteiger partial charge >= 0.3 is 5.97 Å². The zero-order chi connectivity index (χ0) is 15.0.